The monoisotopic (exact) mass is 310 g/mol. The highest BCUT2D eigenvalue weighted by Gasteiger charge is 2.18. The Bertz CT molecular complexity index is 778. The molecule has 5 nitrogen and oxygen atoms in total. The molecule has 0 spiro atoms. The number of hydrogen-bond acceptors (Lipinski definition) is 3. The van der Waals surface area contributed by atoms with Crippen molar-refractivity contribution in [3.8, 4) is 0 Å². The summed E-state index contributed by atoms with van der Waals surface area (Å²) >= 11 is 0. The molecule has 0 heterocycles. The number of nitrogens with one attached hydrogen (secondary N) is 1. The average Bonchev–Trinajstić information content (AvgIpc) is 2.48. The predicted octanol–water partition coefficient (Wildman–Crippen LogP) is 3.57. The van der Waals surface area contributed by atoms with Crippen LogP contribution >= 0.6 is 0 Å². The van der Waals surface area contributed by atoms with E-state index in [1.807, 2.05) is 0 Å². The van der Waals surface area contributed by atoms with E-state index in [1.54, 1.807) is 0 Å². The number of carbonyl (C=O) groups excluding carboxylic acids is 1. The van der Waals surface area contributed by atoms with Crippen LogP contribution in [0.5, 0.6) is 0 Å². The first-order chi connectivity index (χ1) is 10.3. The topological polar surface area (TPSA) is 72.2 Å². The predicted molar refractivity (Wildman–Crippen MR) is 72.1 cm³/mol. The first-order valence-corrected chi connectivity index (χ1v) is 6.01. The lowest BCUT2D eigenvalue weighted by atomic mass is 10.1. The number of nitro groups is 1. The van der Waals surface area contributed by atoms with Crippen molar-refractivity contribution in [1.82, 2.24) is 0 Å². The molecule has 22 heavy (non-hydrogen) atoms. The molecule has 0 aromatic heterocycles. The molecule has 0 aliphatic rings. The maximum absolute atomic E-state index is 13.5. The van der Waals surface area contributed by atoms with E-state index in [9.17, 15) is 28.1 Å². The van der Waals surface area contributed by atoms with Crippen LogP contribution in [0.15, 0.2) is 30.3 Å². The second-order valence-electron chi connectivity index (χ2n) is 4.43. The number of halogens is 3. The summed E-state index contributed by atoms with van der Waals surface area (Å²) in [5.74, 6) is -5.52. The van der Waals surface area contributed by atoms with E-state index in [2.05, 4.69) is 5.32 Å². The fourth-order valence-electron chi connectivity index (χ4n) is 1.78. The molecule has 2 aromatic rings. The Kier molecular flexibility index (Phi) is 4.11. The molecule has 2 rings (SSSR count). The lowest BCUT2D eigenvalue weighted by Gasteiger charge is -2.09. The van der Waals surface area contributed by atoms with E-state index >= 15 is 0 Å². The quantitative estimate of drug-likeness (QED) is 0.535. The smallest absolute Gasteiger partial charge is 0.270 e. The molecular formula is C14H9F3N2O3. The second kappa shape index (κ2) is 5.84. The van der Waals surface area contributed by atoms with Crippen molar-refractivity contribution in [2.45, 2.75) is 6.92 Å². The van der Waals surface area contributed by atoms with Crippen LogP contribution < -0.4 is 5.32 Å². The number of amides is 1. The summed E-state index contributed by atoms with van der Waals surface area (Å²) < 4.78 is 39.4. The van der Waals surface area contributed by atoms with Crippen LogP contribution in [-0.2, 0) is 0 Å². The number of aryl methyl sites for hydroxylation is 1. The lowest BCUT2D eigenvalue weighted by molar-refractivity contribution is -0.384. The van der Waals surface area contributed by atoms with Crippen LogP contribution in [0, 0.1) is 34.5 Å². The van der Waals surface area contributed by atoms with E-state index in [4.69, 9.17) is 0 Å². The van der Waals surface area contributed by atoms with Gasteiger partial charge in [0.05, 0.1) is 10.6 Å². The number of benzene rings is 2. The molecule has 0 bridgehead atoms. The SMILES string of the molecule is Cc1ccc([N+](=O)[O-])cc1C(=O)Nc1ccc(F)c(F)c1F. The van der Waals surface area contributed by atoms with Gasteiger partial charge >= 0.3 is 0 Å². The summed E-state index contributed by atoms with van der Waals surface area (Å²) in [6.45, 7) is 1.53. The molecule has 1 N–H and O–H groups in total. The summed E-state index contributed by atoms with van der Waals surface area (Å²) in [5.41, 5.74) is -0.541. The summed E-state index contributed by atoms with van der Waals surface area (Å²) in [6, 6.07) is 5.11. The Morgan fingerprint density at radius 2 is 1.82 bits per heavy atom. The maximum Gasteiger partial charge on any atom is 0.270 e. The normalized spacial score (nSPS) is 10.4. The highest BCUT2D eigenvalue weighted by atomic mass is 19.2. The molecule has 0 radical (unpaired) electrons. The molecule has 0 fully saturated rings. The van der Waals surface area contributed by atoms with Gasteiger partial charge in [0.15, 0.2) is 17.5 Å². The third-order valence-electron chi connectivity index (χ3n) is 2.96. The van der Waals surface area contributed by atoms with Crippen LogP contribution in [0.25, 0.3) is 0 Å². The molecular weight excluding hydrogens is 301 g/mol. The molecule has 114 valence electrons. The first-order valence-electron chi connectivity index (χ1n) is 6.01. The van der Waals surface area contributed by atoms with Crippen molar-refractivity contribution in [3.63, 3.8) is 0 Å². The maximum atomic E-state index is 13.5. The van der Waals surface area contributed by atoms with Crippen LogP contribution in [0.3, 0.4) is 0 Å². The van der Waals surface area contributed by atoms with Crippen LogP contribution in [0.2, 0.25) is 0 Å². The van der Waals surface area contributed by atoms with Crippen LogP contribution in [0.4, 0.5) is 24.5 Å². The summed E-state index contributed by atoms with van der Waals surface area (Å²) in [7, 11) is 0. The van der Waals surface area contributed by atoms with E-state index in [0.29, 0.717) is 11.6 Å². The Morgan fingerprint density at radius 1 is 1.14 bits per heavy atom. The highest BCUT2D eigenvalue weighted by molar-refractivity contribution is 6.05. The van der Waals surface area contributed by atoms with Gasteiger partial charge in [0.2, 0.25) is 0 Å². The van der Waals surface area contributed by atoms with Gasteiger partial charge in [-0.2, -0.15) is 0 Å². The minimum atomic E-state index is -1.71. The van der Waals surface area contributed by atoms with Gasteiger partial charge in [-0.25, -0.2) is 13.2 Å². The van der Waals surface area contributed by atoms with Gasteiger partial charge in [-0.3, -0.25) is 14.9 Å². The fourth-order valence-corrected chi connectivity index (χ4v) is 1.78. The Hall–Kier alpha value is -2.90. The van der Waals surface area contributed by atoms with E-state index in [-0.39, 0.29) is 11.3 Å². The fraction of sp³-hybridized carbons (Fsp3) is 0.0714. The third kappa shape index (κ3) is 2.90. The van der Waals surface area contributed by atoms with E-state index in [0.717, 1.165) is 12.1 Å². The van der Waals surface area contributed by atoms with E-state index < -0.39 is 34.0 Å². The van der Waals surface area contributed by atoms with Crippen molar-refractivity contribution in [2.75, 3.05) is 5.32 Å². The van der Waals surface area contributed by atoms with Crippen LogP contribution in [0.1, 0.15) is 15.9 Å². The minimum absolute atomic E-state index is 0.0710. The largest absolute Gasteiger partial charge is 0.319 e. The zero-order valence-electron chi connectivity index (χ0n) is 11.2. The standard InChI is InChI=1S/C14H9F3N2O3/c1-7-2-3-8(19(21)22)6-9(7)14(20)18-11-5-4-10(15)12(16)13(11)17/h2-6H,1H3,(H,18,20). The summed E-state index contributed by atoms with van der Waals surface area (Å²) in [6.07, 6.45) is 0. The van der Waals surface area contributed by atoms with Gasteiger partial charge in [-0.1, -0.05) is 6.07 Å². The van der Waals surface area contributed by atoms with Gasteiger partial charge in [-0.15, -0.1) is 0 Å². The number of carbonyl (C=O) groups is 1. The minimum Gasteiger partial charge on any atom is -0.319 e. The van der Waals surface area contributed by atoms with Gasteiger partial charge < -0.3 is 5.32 Å². The van der Waals surface area contributed by atoms with Crippen molar-refractivity contribution >= 4 is 17.3 Å². The van der Waals surface area contributed by atoms with Gasteiger partial charge in [0.1, 0.15) is 0 Å². The molecule has 2 aromatic carbocycles. The molecule has 0 aliphatic heterocycles. The first kappa shape index (κ1) is 15.5. The second-order valence-corrected chi connectivity index (χ2v) is 4.43. The number of hydrogen-bond donors (Lipinski definition) is 1. The molecule has 0 atom stereocenters. The highest BCUT2D eigenvalue weighted by Crippen LogP contribution is 2.22. The number of anilines is 1. The summed E-state index contributed by atoms with van der Waals surface area (Å²) in [5, 5.41) is 12.8. The number of rotatable bonds is 3. The van der Waals surface area contributed by atoms with E-state index in [1.165, 1.54) is 19.1 Å². The van der Waals surface area contributed by atoms with Gasteiger partial charge in [0.25, 0.3) is 11.6 Å². The van der Waals surface area contributed by atoms with Crippen molar-refractivity contribution < 1.29 is 22.9 Å². The van der Waals surface area contributed by atoms with Crippen molar-refractivity contribution in [3.05, 3.63) is 69.0 Å². The molecule has 0 aliphatic carbocycles. The lowest BCUT2D eigenvalue weighted by Crippen LogP contribution is -2.15. The average molecular weight is 310 g/mol. The van der Waals surface area contributed by atoms with Gasteiger partial charge in [-0.05, 0) is 24.6 Å². The van der Waals surface area contributed by atoms with Crippen molar-refractivity contribution in [2.24, 2.45) is 0 Å². The molecule has 0 saturated heterocycles. The Balaban J connectivity index is 2.36. The third-order valence-corrected chi connectivity index (χ3v) is 2.96. The van der Waals surface area contributed by atoms with Crippen molar-refractivity contribution in [1.29, 1.82) is 0 Å². The Morgan fingerprint density at radius 3 is 2.45 bits per heavy atom. The number of nitro benzene ring substituents is 1. The Labute approximate surface area is 122 Å². The van der Waals surface area contributed by atoms with Gasteiger partial charge in [0, 0.05) is 17.7 Å². The molecule has 1 amide bonds. The molecule has 0 saturated carbocycles. The number of nitrogens with zero attached hydrogens (tertiary/aromatic N) is 1. The zero-order valence-corrected chi connectivity index (χ0v) is 11.2. The molecule has 8 heteroatoms. The molecule has 0 unspecified atom stereocenters. The summed E-state index contributed by atoms with van der Waals surface area (Å²) in [4.78, 5) is 22.1. The van der Waals surface area contributed by atoms with Crippen LogP contribution in [-0.4, -0.2) is 10.8 Å². The number of non-ortho nitro benzene ring substituents is 1. The zero-order chi connectivity index (χ0) is 16.4.